The van der Waals surface area contributed by atoms with Crippen LogP contribution >= 0.6 is 39.0 Å². The molecular formula is C23H24Br2NOP. The monoisotopic (exact) mass is 519 g/mol. The number of benzene rings is 3. The van der Waals surface area contributed by atoms with Crippen LogP contribution in [0.4, 0.5) is 17.1 Å². The van der Waals surface area contributed by atoms with Crippen LogP contribution in [0.15, 0.2) is 81.7 Å². The molecule has 0 unspecified atom stereocenters. The SMILES string of the molecule is CCP(=O)(CC)Cc1ccc(N(c2ccc(Br)cc2)c2ccc(Br)cc2)cc1. The number of nitrogens with zero attached hydrogens (tertiary/aromatic N) is 1. The van der Waals surface area contributed by atoms with Crippen molar-refractivity contribution in [2.24, 2.45) is 0 Å². The highest BCUT2D eigenvalue weighted by Gasteiger charge is 2.18. The molecule has 0 aliphatic carbocycles. The molecule has 0 radical (unpaired) electrons. The molecule has 0 spiro atoms. The third-order valence-electron chi connectivity index (χ3n) is 4.99. The summed E-state index contributed by atoms with van der Waals surface area (Å²) in [5.41, 5.74) is 4.40. The van der Waals surface area contributed by atoms with Crippen molar-refractivity contribution in [3.05, 3.63) is 87.3 Å². The Hall–Kier alpha value is -1.35. The maximum atomic E-state index is 12.8. The molecule has 0 atom stereocenters. The summed E-state index contributed by atoms with van der Waals surface area (Å²) in [6.45, 7) is 4.06. The molecule has 0 heterocycles. The summed E-state index contributed by atoms with van der Waals surface area (Å²) in [4.78, 5) is 2.22. The van der Waals surface area contributed by atoms with Gasteiger partial charge in [0, 0.05) is 32.2 Å². The second-order valence-corrected chi connectivity index (χ2v) is 12.3. The molecule has 2 nitrogen and oxygen atoms in total. The molecule has 3 aromatic rings. The van der Waals surface area contributed by atoms with Crippen molar-refractivity contribution in [2.75, 3.05) is 17.2 Å². The Morgan fingerprint density at radius 3 is 1.39 bits per heavy atom. The Labute approximate surface area is 184 Å². The van der Waals surface area contributed by atoms with Crippen LogP contribution in [0.1, 0.15) is 19.4 Å². The van der Waals surface area contributed by atoms with Gasteiger partial charge in [-0.05, 0) is 78.6 Å². The van der Waals surface area contributed by atoms with Gasteiger partial charge in [0.25, 0.3) is 0 Å². The van der Waals surface area contributed by atoms with E-state index in [-0.39, 0.29) is 0 Å². The summed E-state index contributed by atoms with van der Waals surface area (Å²) in [6, 6.07) is 25.1. The van der Waals surface area contributed by atoms with E-state index < -0.39 is 7.14 Å². The van der Waals surface area contributed by atoms with Gasteiger partial charge in [-0.3, -0.25) is 0 Å². The normalized spacial score (nSPS) is 11.4. The van der Waals surface area contributed by atoms with Crippen LogP contribution in [0.5, 0.6) is 0 Å². The van der Waals surface area contributed by atoms with Crippen molar-refractivity contribution in [2.45, 2.75) is 20.0 Å². The zero-order valence-electron chi connectivity index (χ0n) is 16.1. The molecule has 3 aromatic carbocycles. The number of hydrogen-bond acceptors (Lipinski definition) is 2. The Morgan fingerprint density at radius 2 is 1.04 bits per heavy atom. The lowest BCUT2D eigenvalue weighted by Crippen LogP contribution is -2.09. The van der Waals surface area contributed by atoms with E-state index in [9.17, 15) is 4.57 Å². The molecule has 0 fully saturated rings. The first-order valence-corrected chi connectivity index (χ1v) is 13.3. The number of rotatable bonds is 7. The summed E-state index contributed by atoms with van der Waals surface area (Å²) < 4.78 is 14.9. The smallest absolute Gasteiger partial charge is 0.0914 e. The van der Waals surface area contributed by atoms with E-state index in [1.165, 1.54) is 0 Å². The standard InChI is InChI=1S/C23H24Br2NOP/c1-3-28(27,4-2)17-18-5-11-21(12-6-18)26(22-13-7-19(24)8-14-22)23-15-9-20(25)10-16-23/h5-16H,3-4,17H2,1-2H3. The lowest BCUT2D eigenvalue weighted by molar-refractivity contribution is 0.575. The van der Waals surface area contributed by atoms with Gasteiger partial charge in [-0.2, -0.15) is 0 Å². The number of halogens is 2. The fourth-order valence-electron chi connectivity index (χ4n) is 3.16. The van der Waals surface area contributed by atoms with Crippen LogP contribution in [0.25, 0.3) is 0 Å². The van der Waals surface area contributed by atoms with Gasteiger partial charge in [-0.1, -0.05) is 57.8 Å². The van der Waals surface area contributed by atoms with E-state index in [0.29, 0.717) is 6.16 Å². The van der Waals surface area contributed by atoms with E-state index >= 15 is 0 Å². The highest BCUT2D eigenvalue weighted by atomic mass is 79.9. The second-order valence-electron chi connectivity index (χ2n) is 6.80. The highest BCUT2D eigenvalue weighted by molar-refractivity contribution is 9.10. The Morgan fingerprint density at radius 1 is 0.679 bits per heavy atom. The van der Waals surface area contributed by atoms with Gasteiger partial charge in [-0.15, -0.1) is 0 Å². The lowest BCUT2D eigenvalue weighted by atomic mass is 10.1. The van der Waals surface area contributed by atoms with Gasteiger partial charge < -0.3 is 9.46 Å². The molecule has 0 aromatic heterocycles. The minimum Gasteiger partial charge on any atom is -0.323 e. The van der Waals surface area contributed by atoms with Crippen LogP contribution in [-0.4, -0.2) is 12.3 Å². The van der Waals surface area contributed by atoms with Crippen LogP contribution < -0.4 is 4.90 Å². The topological polar surface area (TPSA) is 20.3 Å². The lowest BCUT2D eigenvalue weighted by Gasteiger charge is -2.26. The van der Waals surface area contributed by atoms with Gasteiger partial charge in [0.1, 0.15) is 0 Å². The molecule has 3 rings (SSSR count). The molecular weight excluding hydrogens is 497 g/mol. The third-order valence-corrected chi connectivity index (χ3v) is 9.29. The van der Waals surface area contributed by atoms with Crippen molar-refractivity contribution in [3.8, 4) is 0 Å². The van der Waals surface area contributed by atoms with Gasteiger partial charge >= 0.3 is 0 Å². The average molecular weight is 521 g/mol. The minimum absolute atomic E-state index is 0.677. The van der Waals surface area contributed by atoms with Gasteiger partial charge in [0.2, 0.25) is 0 Å². The second kappa shape index (κ2) is 9.43. The summed E-state index contributed by atoms with van der Waals surface area (Å²) in [6.07, 6.45) is 2.20. The molecule has 0 aliphatic rings. The van der Waals surface area contributed by atoms with Crippen LogP contribution in [-0.2, 0) is 10.7 Å². The van der Waals surface area contributed by atoms with Crippen LogP contribution in [0, 0.1) is 0 Å². The molecule has 0 bridgehead atoms. The third kappa shape index (κ3) is 5.17. The summed E-state index contributed by atoms with van der Waals surface area (Å²) >= 11 is 7.03. The highest BCUT2D eigenvalue weighted by Crippen LogP contribution is 2.48. The fourth-order valence-corrected chi connectivity index (χ4v) is 5.46. The summed E-state index contributed by atoms with van der Waals surface area (Å²) in [7, 11) is -2.09. The molecule has 0 aliphatic heterocycles. The quantitative estimate of drug-likeness (QED) is 0.291. The predicted molar refractivity (Wildman–Crippen MR) is 129 cm³/mol. The van der Waals surface area contributed by atoms with E-state index in [4.69, 9.17) is 0 Å². The van der Waals surface area contributed by atoms with Crippen LogP contribution in [0.2, 0.25) is 0 Å². The zero-order valence-corrected chi connectivity index (χ0v) is 20.2. The molecule has 28 heavy (non-hydrogen) atoms. The van der Waals surface area contributed by atoms with Crippen molar-refractivity contribution in [1.29, 1.82) is 0 Å². The Kier molecular flexibility index (Phi) is 7.20. The molecule has 5 heteroatoms. The van der Waals surface area contributed by atoms with E-state index in [1.807, 2.05) is 38.1 Å². The zero-order chi connectivity index (χ0) is 20.1. The van der Waals surface area contributed by atoms with Crippen molar-refractivity contribution < 1.29 is 4.57 Å². The van der Waals surface area contributed by atoms with E-state index in [2.05, 4.69) is 85.3 Å². The number of anilines is 3. The Balaban J connectivity index is 1.97. The first kappa shape index (κ1) is 21.4. The maximum absolute atomic E-state index is 12.8. The van der Waals surface area contributed by atoms with Gasteiger partial charge in [0.15, 0.2) is 0 Å². The maximum Gasteiger partial charge on any atom is 0.0914 e. The van der Waals surface area contributed by atoms with Crippen molar-refractivity contribution >= 4 is 56.1 Å². The van der Waals surface area contributed by atoms with Crippen molar-refractivity contribution in [1.82, 2.24) is 0 Å². The molecule has 0 saturated carbocycles. The van der Waals surface area contributed by atoms with Crippen LogP contribution in [0.3, 0.4) is 0 Å². The fraction of sp³-hybridized carbons (Fsp3) is 0.217. The molecule has 146 valence electrons. The van der Waals surface area contributed by atoms with Gasteiger partial charge in [0.05, 0.1) is 7.14 Å². The Bertz CT molecular complexity index is 900. The van der Waals surface area contributed by atoms with Crippen molar-refractivity contribution in [3.63, 3.8) is 0 Å². The van der Waals surface area contributed by atoms with E-state index in [1.54, 1.807) is 0 Å². The first-order valence-electron chi connectivity index (χ1n) is 9.41. The largest absolute Gasteiger partial charge is 0.323 e. The minimum atomic E-state index is -2.09. The number of hydrogen-bond donors (Lipinski definition) is 0. The van der Waals surface area contributed by atoms with Gasteiger partial charge in [-0.25, -0.2) is 0 Å². The molecule has 0 N–H and O–H groups in total. The molecule has 0 amide bonds. The molecule has 0 saturated heterocycles. The predicted octanol–water partition coefficient (Wildman–Crippen LogP) is 8.58. The van der Waals surface area contributed by atoms with E-state index in [0.717, 1.165) is 43.9 Å². The first-order chi connectivity index (χ1) is 13.4. The summed E-state index contributed by atoms with van der Waals surface area (Å²) in [5, 5.41) is 0. The summed E-state index contributed by atoms with van der Waals surface area (Å²) in [5.74, 6) is 0. The average Bonchev–Trinajstić information content (AvgIpc) is 2.72.